The first-order valence-electron chi connectivity index (χ1n) is 6.23. The molecule has 0 bridgehead atoms. The zero-order chi connectivity index (χ0) is 11.5. The van der Waals surface area contributed by atoms with Crippen molar-refractivity contribution in [3.05, 3.63) is 0 Å². The summed E-state index contributed by atoms with van der Waals surface area (Å²) in [5.74, 6) is 0.701. The van der Waals surface area contributed by atoms with Gasteiger partial charge in [-0.25, -0.2) is 0 Å². The second-order valence-electron chi connectivity index (χ2n) is 4.21. The van der Waals surface area contributed by atoms with E-state index in [0.29, 0.717) is 5.84 Å². The molecule has 0 fully saturated rings. The number of amidine groups is 1. The van der Waals surface area contributed by atoms with Gasteiger partial charge in [0.1, 0.15) is 5.84 Å². The van der Waals surface area contributed by atoms with Crippen molar-refractivity contribution in [2.24, 2.45) is 16.8 Å². The van der Waals surface area contributed by atoms with Crippen LogP contribution in [-0.4, -0.2) is 11.0 Å². The smallest absolute Gasteiger partial charge is 0.142 e. The second-order valence-corrected chi connectivity index (χ2v) is 4.21. The quantitative estimate of drug-likeness (QED) is 0.203. The van der Waals surface area contributed by atoms with Crippen LogP contribution in [0.2, 0.25) is 0 Å². The maximum atomic E-state index is 8.67. The normalized spacial score (nSPS) is 14.1. The van der Waals surface area contributed by atoms with Crippen molar-refractivity contribution in [1.29, 1.82) is 0 Å². The Hall–Kier alpha value is -0.730. The average molecular weight is 214 g/mol. The zero-order valence-electron chi connectivity index (χ0n) is 10.2. The topological polar surface area (TPSA) is 58.6 Å². The van der Waals surface area contributed by atoms with Crippen LogP contribution in [0.15, 0.2) is 5.16 Å². The first kappa shape index (κ1) is 14.3. The molecule has 0 aromatic heterocycles. The fourth-order valence-corrected chi connectivity index (χ4v) is 1.79. The second kappa shape index (κ2) is 9.81. The molecule has 90 valence electrons. The zero-order valence-corrected chi connectivity index (χ0v) is 10.2. The summed E-state index contributed by atoms with van der Waals surface area (Å²) in [6, 6.07) is 0. The highest BCUT2D eigenvalue weighted by molar-refractivity contribution is 5.82. The minimum Gasteiger partial charge on any atom is -0.409 e. The van der Waals surface area contributed by atoms with Gasteiger partial charge in [-0.1, -0.05) is 57.5 Å². The summed E-state index contributed by atoms with van der Waals surface area (Å²) >= 11 is 0. The molecule has 1 atom stereocenters. The maximum absolute atomic E-state index is 8.67. The molecule has 0 aliphatic rings. The number of nitrogens with zero attached hydrogens (tertiary/aromatic N) is 1. The van der Waals surface area contributed by atoms with Crippen LogP contribution in [0.3, 0.4) is 0 Å². The van der Waals surface area contributed by atoms with Crippen LogP contribution in [0, 0.1) is 5.92 Å². The number of oxime groups is 1. The standard InChI is InChI=1S/C12H26N2O/c1-3-5-7-8-10-11(9-6-4-2)12(13)14-15/h11,15H,3-10H2,1-2H3,(H2,13,14). The lowest BCUT2D eigenvalue weighted by Gasteiger charge is -2.14. The molecule has 0 radical (unpaired) electrons. The molecule has 0 aromatic carbocycles. The van der Waals surface area contributed by atoms with Gasteiger partial charge in [-0.05, 0) is 12.8 Å². The highest BCUT2D eigenvalue weighted by atomic mass is 16.4. The molecular formula is C12H26N2O. The van der Waals surface area contributed by atoms with E-state index < -0.39 is 0 Å². The van der Waals surface area contributed by atoms with Crippen LogP contribution in [0.25, 0.3) is 0 Å². The number of nitrogens with two attached hydrogens (primary N) is 1. The van der Waals surface area contributed by atoms with Crippen LogP contribution in [-0.2, 0) is 0 Å². The van der Waals surface area contributed by atoms with Crippen molar-refractivity contribution >= 4 is 5.84 Å². The molecular weight excluding hydrogens is 188 g/mol. The van der Waals surface area contributed by atoms with Gasteiger partial charge in [0.2, 0.25) is 0 Å². The van der Waals surface area contributed by atoms with Crippen LogP contribution in [0.1, 0.15) is 65.2 Å². The Balaban J connectivity index is 3.80. The lowest BCUT2D eigenvalue weighted by Crippen LogP contribution is -2.23. The minimum absolute atomic E-state index is 0.284. The van der Waals surface area contributed by atoms with Gasteiger partial charge in [-0.15, -0.1) is 0 Å². The van der Waals surface area contributed by atoms with Crippen molar-refractivity contribution in [3.8, 4) is 0 Å². The molecule has 0 aliphatic carbocycles. The predicted octanol–water partition coefficient (Wildman–Crippen LogP) is 3.51. The Morgan fingerprint density at radius 1 is 1.07 bits per heavy atom. The van der Waals surface area contributed by atoms with Crippen LogP contribution < -0.4 is 5.73 Å². The highest BCUT2D eigenvalue weighted by Gasteiger charge is 2.12. The Morgan fingerprint density at radius 3 is 2.20 bits per heavy atom. The van der Waals surface area contributed by atoms with Crippen LogP contribution in [0.5, 0.6) is 0 Å². The summed E-state index contributed by atoms with van der Waals surface area (Å²) in [6.07, 6.45) is 9.45. The molecule has 0 saturated carbocycles. The summed E-state index contributed by atoms with van der Waals surface area (Å²) in [4.78, 5) is 0. The van der Waals surface area contributed by atoms with E-state index in [2.05, 4.69) is 19.0 Å². The fourth-order valence-electron chi connectivity index (χ4n) is 1.79. The van der Waals surface area contributed by atoms with E-state index in [1.54, 1.807) is 0 Å². The first-order chi connectivity index (χ1) is 7.26. The van der Waals surface area contributed by atoms with E-state index in [4.69, 9.17) is 10.9 Å². The van der Waals surface area contributed by atoms with Crippen molar-refractivity contribution in [2.75, 3.05) is 0 Å². The Labute approximate surface area is 93.7 Å². The lowest BCUT2D eigenvalue weighted by molar-refractivity contribution is 0.311. The Kier molecular flexibility index (Phi) is 9.33. The van der Waals surface area contributed by atoms with Crippen molar-refractivity contribution < 1.29 is 5.21 Å². The number of rotatable bonds is 9. The van der Waals surface area contributed by atoms with Gasteiger partial charge >= 0.3 is 0 Å². The third-order valence-electron chi connectivity index (χ3n) is 2.85. The Morgan fingerprint density at radius 2 is 1.67 bits per heavy atom. The van der Waals surface area contributed by atoms with Gasteiger partial charge in [0.25, 0.3) is 0 Å². The van der Waals surface area contributed by atoms with E-state index >= 15 is 0 Å². The monoisotopic (exact) mass is 214 g/mol. The van der Waals surface area contributed by atoms with E-state index in [-0.39, 0.29) is 5.92 Å². The van der Waals surface area contributed by atoms with E-state index in [0.717, 1.165) is 19.3 Å². The van der Waals surface area contributed by atoms with Gasteiger partial charge in [0.15, 0.2) is 0 Å². The van der Waals surface area contributed by atoms with E-state index in [1.807, 2.05) is 0 Å². The molecule has 3 heteroatoms. The molecule has 3 nitrogen and oxygen atoms in total. The van der Waals surface area contributed by atoms with E-state index in [1.165, 1.54) is 32.1 Å². The maximum Gasteiger partial charge on any atom is 0.142 e. The molecule has 0 rings (SSSR count). The molecule has 0 saturated heterocycles. The Bertz CT molecular complexity index is 169. The highest BCUT2D eigenvalue weighted by Crippen LogP contribution is 2.17. The molecule has 3 N–H and O–H groups in total. The van der Waals surface area contributed by atoms with Crippen LogP contribution >= 0.6 is 0 Å². The van der Waals surface area contributed by atoms with Crippen molar-refractivity contribution in [1.82, 2.24) is 0 Å². The molecule has 0 aromatic rings. The van der Waals surface area contributed by atoms with Gasteiger partial charge in [-0.3, -0.25) is 0 Å². The first-order valence-corrected chi connectivity index (χ1v) is 6.23. The molecule has 0 spiro atoms. The van der Waals surface area contributed by atoms with Gasteiger partial charge in [0, 0.05) is 5.92 Å². The van der Waals surface area contributed by atoms with Gasteiger partial charge < -0.3 is 10.9 Å². The van der Waals surface area contributed by atoms with Gasteiger partial charge in [-0.2, -0.15) is 0 Å². The average Bonchev–Trinajstić information content (AvgIpc) is 2.27. The lowest BCUT2D eigenvalue weighted by atomic mass is 9.94. The summed E-state index contributed by atoms with van der Waals surface area (Å²) < 4.78 is 0. The minimum atomic E-state index is 0.284. The fraction of sp³-hybridized carbons (Fsp3) is 0.917. The molecule has 0 amide bonds. The molecule has 15 heavy (non-hydrogen) atoms. The largest absolute Gasteiger partial charge is 0.409 e. The predicted molar refractivity (Wildman–Crippen MR) is 65.2 cm³/mol. The number of unbranched alkanes of at least 4 members (excludes halogenated alkanes) is 4. The SMILES string of the molecule is CCCCCCC(CCCC)C(N)=NO. The van der Waals surface area contributed by atoms with Crippen molar-refractivity contribution in [2.45, 2.75) is 65.2 Å². The summed E-state index contributed by atoms with van der Waals surface area (Å²) in [5.41, 5.74) is 5.67. The van der Waals surface area contributed by atoms with E-state index in [9.17, 15) is 0 Å². The molecule has 0 aliphatic heterocycles. The van der Waals surface area contributed by atoms with Crippen LogP contribution in [0.4, 0.5) is 0 Å². The third-order valence-corrected chi connectivity index (χ3v) is 2.85. The number of hydrogen-bond acceptors (Lipinski definition) is 2. The summed E-state index contributed by atoms with van der Waals surface area (Å²) in [7, 11) is 0. The number of hydrogen-bond donors (Lipinski definition) is 2. The third kappa shape index (κ3) is 7.23. The summed E-state index contributed by atoms with van der Waals surface area (Å²) in [6.45, 7) is 4.37. The van der Waals surface area contributed by atoms with Crippen molar-refractivity contribution in [3.63, 3.8) is 0 Å². The molecule has 1 unspecified atom stereocenters. The van der Waals surface area contributed by atoms with Gasteiger partial charge in [0.05, 0.1) is 0 Å². The molecule has 0 heterocycles. The summed E-state index contributed by atoms with van der Waals surface area (Å²) in [5, 5.41) is 11.8.